The van der Waals surface area contributed by atoms with E-state index in [1.54, 1.807) is 14.2 Å². The zero-order valence-electron chi connectivity index (χ0n) is 23.1. The molecule has 1 saturated heterocycles. The van der Waals surface area contributed by atoms with Crippen LogP contribution in [-0.4, -0.2) is 51.4 Å². The van der Waals surface area contributed by atoms with E-state index in [1.807, 2.05) is 78.9 Å². The van der Waals surface area contributed by atoms with E-state index in [4.69, 9.17) is 14.2 Å². The van der Waals surface area contributed by atoms with Gasteiger partial charge in [-0.25, -0.2) is 4.79 Å². The quantitative estimate of drug-likeness (QED) is 0.250. The van der Waals surface area contributed by atoms with Gasteiger partial charge in [0.2, 0.25) is 0 Å². The molecule has 1 fully saturated rings. The lowest BCUT2D eigenvalue weighted by Gasteiger charge is -2.29. The molecule has 2 amide bonds. The van der Waals surface area contributed by atoms with E-state index in [0.29, 0.717) is 17.1 Å². The summed E-state index contributed by atoms with van der Waals surface area (Å²) in [6, 6.07) is 28.9. The Morgan fingerprint density at radius 2 is 1.38 bits per heavy atom. The monoisotopic (exact) mass is 537 g/mol. The fraction of sp³-hybridized carbons (Fsp3) is 0.242. The highest BCUT2D eigenvalue weighted by atomic mass is 16.5. The number of amides is 2. The normalized spacial score (nSPS) is 13.9. The molecule has 2 N–H and O–H groups in total. The van der Waals surface area contributed by atoms with Crippen LogP contribution in [0.3, 0.4) is 0 Å². The van der Waals surface area contributed by atoms with E-state index >= 15 is 0 Å². The Labute approximate surface area is 235 Å². The van der Waals surface area contributed by atoms with Crippen LogP contribution in [0, 0.1) is 0 Å². The van der Waals surface area contributed by atoms with Crippen molar-refractivity contribution in [2.24, 2.45) is 0 Å². The number of ether oxygens (including phenoxy) is 3. The van der Waals surface area contributed by atoms with Gasteiger partial charge in [0.25, 0.3) is 0 Å². The molecule has 206 valence electrons. The van der Waals surface area contributed by atoms with Crippen molar-refractivity contribution in [2.75, 3.05) is 45.0 Å². The lowest BCUT2D eigenvalue weighted by molar-refractivity contribution is 0.114. The number of likely N-dealkylation sites (tertiary alicyclic amines) is 1. The molecule has 0 aliphatic carbocycles. The molecule has 0 saturated carbocycles. The maximum Gasteiger partial charge on any atom is 0.323 e. The molecule has 1 aliphatic heterocycles. The predicted octanol–water partition coefficient (Wildman–Crippen LogP) is 7.15. The van der Waals surface area contributed by atoms with E-state index in [2.05, 4.69) is 34.7 Å². The highest BCUT2D eigenvalue weighted by molar-refractivity contribution is 6.00. The molecule has 0 spiro atoms. The van der Waals surface area contributed by atoms with Crippen molar-refractivity contribution in [1.82, 2.24) is 4.90 Å². The summed E-state index contributed by atoms with van der Waals surface area (Å²) in [5, 5.41) is 5.82. The van der Waals surface area contributed by atoms with Crippen molar-refractivity contribution in [2.45, 2.75) is 18.9 Å². The van der Waals surface area contributed by atoms with Crippen molar-refractivity contribution in [3.8, 4) is 39.5 Å². The Morgan fingerprint density at radius 3 is 2.05 bits per heavy atom. The van der Waals surface area contributed by atoms with E-state index in [9.17, 15) is 4.79 Å². The minimum absolute atomic E-state index is 0.282. The first kappa shape index (κ1) is 27.1. The van der Waals surface area contributed by atoms with Crippen LogP contribution in [0.2, 0.25) is 0 Å². The standard InChI is InChI=1S/C33H35N3O4/c1-36-19-17-29(18-20-36)40-28-14-9-24(10-15-28)23-7-11-26(12-8-23)34-33(37)35-27-13-16-32(39-3)31(22-27)25-5-4-6-30(21-25)38-2/h4-16,21-22,29H,17-20H2,1-3H3,(H2,34,35,37). The van der Waals surface area contributed by atoms with Gasteiger partial charge in [0.05, 0.1) is 14.2 Å². The number of hydrogen-bond donors (Lipinski definition) is 2. The number of urea groups is 1. The first-order valence-corrected chi connectivity index (χ1v) is 13.5. The van der Waals surface area contributed by atoms with Gasteiger partial charge in [0.1, 0.15) is 23.4 Å². The van der Waals surface area contributed by atoms with Crippen molar-refractivity contribution >= 4 is 17.4 Å². The number of hydrogen-bond acceptors (Lipinski definition) is 5. The SMILES string of the molecule is COc1cccc(-c2cc(NC(=O)Nc3ccc(-c4ccc(OC5CCN(C)CC5)cc4)cc3)ccc2OC)c1. The van der Waals surface area contributed by atoms with E-state index in [-0.39, 0.29) is 12.1 Å². The third-order valence-corrected chi connectivity index (χ3v) is 7.14. The van der Waals surface area contributed by atoms with Gasteiger partial charge < -0.3 is 29.7 Å². The zero-order chi connectivity index (χ0) is 27.9. The van der Waals surface area contributed by atoms with Gasteiger partial charge >= 0.3 is 6.03 Å². The Bertz CT molecular complexity index is 1430. The fourth-order valence-corrected chi connectivity index (χ4v) is 4.86. The maximum absolute atomic E-state index is 12.8. The molecule has 7 nitrogen and oxygen atoms in total. The number of anilines is 2. The molecule has 0 radical (unpaired) electrons. The summed E-state index contributed by atoms with van der Waals surface area (Å²) < 4.78 is 17.1. The number of methoxy groups -OCH3 is 2. The largest absolute Gasteiger partial charge is 0.497 e. The molecule has 40 heavy (non-hydrogen) atoms. The Morgan fingerprint density at radius 1 is 0.725 bits per heavy atom. The summed E-state index contributed by atoms with van der Waals surface area (Å²) in [7, 11) is 5.41. The topological polar surface area (TPSA) is 72.1 Å². The summed E-state index contributed by atoms with van der Waals surface area (Å²) in [6.45, 7) is 2.15. The first-order valence-electron chi connectivity index (χ1n) is 13.5. The van der Waals surface area contributed by atoms with Crippen LogP contribution >= 0.6 is 0 Å². The number of nitrogens with zero attached hydrogens (tertiary/aromatic N) is 1. The van der Waals surface area contributed by atoms with Crippen LogP contribution in [0.15, 0.2) is 91.0 Å². The summed E-state index contributed by atoms with van der Waals surface area (Å²) >= 11 is 0. The average Bonchev–Trinajstić information content (AvgIpc) is 2.99. The minimum atomic E-state index is -0.329. The van der Waals surface area contributed by atoms with E-state index < -0.39 is 0 Å². The summed E-state index contributed by atoms with van der Waals surface area (Å²) in [4.78, 5) is 15.1. The Balaban J connectivity index is 1.20. The summed E-state index contributed by atoms with van der Waals surface area (Å²) in [5.74, 6) is 2.36. The molecule has 0 atom stereocenters. The average molecular weight is 538 g/mol. The molecule has 5 rings (SSSR count). The molecule has 0 aromatic heterocycles. The predicted molar refractivity (Wildman–Crippen MR) is 161 cm³/mol. The van der Waals surface area contributed by atoms with Crippen molar-refractivity contribution in [1.29, 1.82) is 0 Å². The van der Waals surface area contributed by atoms with Gasteiger partial charge in [-0.1, -0.05) is 36.4 Å². The lowest BCUT2D eigenvalue weighted by atomic mass is 10.0. The second kappa shape index (κ2) is 12.6. The Hall–Kier alpha value is -4.49. The van der Waals surface area contributed by atoms with Crippen LogP contribution in [-0.2, 0) is 0 Å². The molecule has 4 aromatic carbocycles. The molecule has 1 heterocycles. The van der Waals surface area contributed by atoms with Crippen LogP contribution in [0.4, 0.5) is 16.2 Å². The van der Waals surface area contributed by atoms with Crippen molar-refractivity contribution in [3.05, 3.63) is 91.0 Å². The molecule has 4 aromatic rings. The Kier molecular flexibility index (Phi) is 8.52. The van der Waals surface area contributed by atoms with Gasteiger partial charge in [0.15, 0.2) is 0 Å². The van der Waals surface area contributed by atoms with Crippen LogP contribution in [0.25, 0.3) is 22.3 Å². The second-order valence-electron chi connectivity index (χ2n) is 9.95. The number of nitrogens with one attached hydrogen (secondary N) is 2. The van der Waals surface area contributed by atoms with Gasteiger partial charge in [-0.2, -0.15) is 0 Å². The highest BCUT2D eigenvalue weighted by Gasteiger charge is 2.18. The van der Waals surface area contributed by atoms with Crippen molar-refractivity contribution < 1.29 is 19.0 Å². The maximum atomic E-state index is 12.8. The smallest absolute Gasteiger partial charge is 0.323 e. The van der Waals surface area contributed by atoms with E-state index in [1.165, 1.54) is 0 Å². The summed E-state index contributed by atoms with van der Waals surface area (Å²) in [5.41, 5.74) is 5.29. The van der Waals surface area contributed by atoms with Crippen LogP contribution < -0.4 is 24.8 Å². The van der Waals surface area contributed by atoms with E-state index in [0.717, 1.165) is 59.7 Å². The van der Waals surface area contributed by atoms with Crippen LogP contribution in [0.5, 0.6) is 17.2 Å². The molecular weight excluding hydrogens is 502 g/mol. The van der Waals surface area contributed by atoms with Crippen molar-refractivity contribution in [3.63, 3.8) is 0 Å². The van der Waals surface area contributed by atoms with Gasteiger partial charge in [-0.05, 0) is 91.2 Å². The first-order chi connectivity index (χ1) is 19.5. The molecule has 0 bridgehead atoms. The number of carbonyl (C=O) groups is 1. The third kappa shape index (κ3) is 6.74. The van der Waals surface area contributed by atoms with Crippen LogP contribution in [0.1, 0.15) is 12.8 Å². The number of benzene rings is 4. The van der Waals surface area contributed by atoms with Gasteiger partial charge in [0, 0.05) is 30.0 Å². The third-order valence-electron chi connectivity index (χ3n) is 7.14. The highest BCUT2D eigenvalue weighted by Crippen LogP contribution is 2.34. The van der Waals surface area contributed by atoms with Gasteiger partial charge in [-0.3, -0.25) is 0 Å². The number of rotatable bonds is 8. The fourth-order valence-electron chi connectivity index (χ4n) is 4.86. The minimum Gasteiger partial charge on any atom is -0.497 e. The zero-order valence-corrected chi connectivity index (χ0v) is 23.1. The second-order valence-corrected chi connectivity index (χ2v) is 9.95. The lowest BCUT2D eigenvalue weighted by Crippen LogP contribution is -2.35. The number of carbonyl (C=O) groups excluding carboxylic acids is 1. The summed E-state index contributed by atoms with van der Waals surface area (Å²) in [6.07, 6.45) is 2.40. The molecular formula is C33H35N3O4. The molecule has 0 unspecified atom stereocenters. The molecule has 7 heteroatoms. The number of piperidine rings is 1. The van der Waals surface area contributed by atoms with Gasteiger partial charge in [-0.15, -0.1) is 0 Å². The molecule has 1 aliphatic rings.